The van der Waals surface area contributed by atoms with E-state index >= 15 is 0 Å². The average Bonchev–Trinajstić information content (AvgIpc) is 3.52. The maximum atomic E-state index is 12.6. The van der Waals surface area contributed by atoms with E-state index in [2.05, 4.69) is 19.2 Å². The molecule has 210 valence electrons. The highest BCUT2D eigenvalue weighted by Gasteiger charge is 2.67. The van der Waals surface area contributed by atoms with E-state index in [1.54, 1.807) is 0 Å². The molecule has 6 rings (SSSR count). The van der Waals surface area contributed by atoms with Crippen molar-refractivity contribution in [1.29, 1.82) is 0 Å². The van der Waals surface area contributed by atoms with Crippen LogP contribution in [-0.2, 0) is 25.4 Å². The zero-order chi connectivity index (χ0) is 26.6. The molecule has 1 aromatic carbocycles. The van der Waals surface area contributed by atoms with Crippen molar-refractivity contribution in [2.24, 2.45) is 34.5 Å². The number of hydrogen-bond acceptors (Lipinski definition) is 6. The summed E-state index contributed by atoms with van der Waals surface area (Å²) in [5, 5.41) is 15.2. The molecular formula is C32H47NO5. The minimum Gasteiger partial charge on any atom is -0.468 e. The highest BCUT2D eigenvalue weighted by molar-refractivity contribution is 5.76. The number of methoxy groups -OCH3 is 1. The van der Waals surface area contributed by atoms with E-state index in [-0.39, 0.29) is 22.6 Å². The van der Waals surface area contributed by atoms with Crippen molar-refractivity contribution >= 4 is 5.97 Å². The molecule has 0 amide bonds. The van der Waals surface area contributed by atoms with E-state index in [1.807, 2.05) is 30.3 Å². The molecule has 1 spiro atoms. The molecule has 8 atom stereocenters. The number of benzene rings is 1. The second-order valence-corrected chi connectivity index (χ2v) is 13.7. The van der Waals surface area contributed by atoms with Gasteiger partial charge in [0.05, 0.1) is 25.9 Å². The highest BCUT2D eigenvalue weighted by Crippen LogP contribution is 2.69. The van der Waals surface area contributed by atoms with Crippen LogP contribution < -0.4 is 5.32 Å². The van der Waals surface area contributed by atoms with Crippen LogP contribution >= 0.6 is 0 Å². The van der Waals surface area contributed by atoms with Crippen LogP contribution in [-0.4, -0.2) is 55.4 Å². The van der Waals surface area contributed by atoms with Gasteiger partial charge < -0.3 is 24.6 Å². The Morgan fingerprint density at radius 2 is 1.76 bits per heavy atom. The van der Waals surface area contributed by atoms with E-state index in [4.69, 9.17) is 14.2 Å². The smallest absolute Gasteiger partial charge is 0.323 e. The molecule has 0 radical (unpaired) electrons. The highest BCUT2D eigenvalue weighted by atomic mass is 16.7. The first-order valence-electron chi connectivity index (χ1n) is 15.1. The van der Waals surface area contributed by atoms with Crippen LogP contribution in [0.5, 0.6) is 0 Å². The van der Waals surface area contributed by atoms with Crippen LogP contribution in [0.25, 0.3) is 0 Å². The lowest BCUT2D eigenvalue weighted by atomic mass is 9.44. The van der Waals surface area contributed by atoms with Gasteiger partial charge in [-0.05, 0) is 92.4 Å². The van der Waals surface area contributed by atoms with Gasteiger partial charge >= 0.3 is 5.97 Å². The van der Waals surface area contributed by atoms with E-state index in [0.29, 0.717) is 30.7 Å². The third-order valence-corrected chi connectivity index (χ3v) is 12.1. The molecule has 1 saturated heterocycles. The topological polar surface area (TPSA) is 77.0 Å². The third-order valence-electron chi connectivity index (χ3n) is 12.1. The lowest BCUT2D eigenvalue weighted by molar-refractivity contribution is -0.249. The van der Waals surface area contributed by atoms with Crippen molar-refractivity contribution in [1.82, 2.24) is 5.32 Å². The Morgan fingerprint density at radius 1 is 1.03 bits per heavy atom. The summed E-state index contributed by atoms with van der Waals surface area (Å²) in [6.45, 7) is 6.90. The van der Waals surface area contributed by atoms with Crippen molar-refractivity contribution in [3.8, 4) is 0 Å². The molecule has 5 aliphatic rings. The van der Waals surface area contributed by atoms with Gasteiger partial charge in [-0.25, -0.2) is 0 Å². The minimum absolute atomic E-state index is 0.134. The molecule has 1 aliphatic heterocycles. The van der Waals surface area contributed by atoms with Gasteiger partial charge in [-0.1, -0.05) is 44.2 Å². The Morgan fingerprint density at radius 3 is 2.50 bits per heavy atom. The number of hydrogen-bond donors (Lipinski definition) is 2. The van der Waals surface area contributed by atoms with E-state index in [0.717, 1.165) is 50.4 Å². The van der Waals surface area contributed by atoms with Crippen molar-refractivity contribution < 1.29 is 24.1 Å². The molecule has 0 bridgehead atoms. The largest absolute Gasteiger partial charge is 0.468 e. The summed E-state index contributed by atoms with van der Waals surface area (Å²) >= 11 is 0. The van der Waals surface area contributed by atoms with Crippen molar-refractivity contribution in [3.63, 3.8) is 0 Å². The fraction of sp³-hybridized carbons (Fsp3) is 0.781. The number of esters is 1. The molecule has 6 nitrogen and oxygen atoms in total. The Labute approximate surface area is 228 Å². The molecule has 4 aliphatic carbocycles. The normalized spacial score (nSPS) is 42.2. The summed E-state index contributed by atoms with van der Waals surface area (Å²) in [5.74, 6) is 2.05. The van der Waals surface area contributed by atoms with Crippen molar-refractivity contribution in [2.45, 2.75) is 95.5 Å². The fourth-order valence-electron chi connectivity index (χ4n) is 9.91. The quantitative estimate of drug-likeness (QED) is 0.516. The third kappa shape index (κ3) is 4.25. The predicted octanol–water partition coefficient (Wildman–Crippen LogP) is 4.88. The summed E-state index contributed by atoms with van der Waals surface area (Å²) in [7, 11) is 1.44. The van der Waals surface area contributed by atoms with E-state index < -0.39 is 11.6 Å². The Bertz CT molecular complexity index is 1010. The molecule has 0 aromatic heterocycles. The van der Waals surface area contributed by atoms with Gasteiger partial charge in [-0.2, -0.15) is 0 Å². The number of carbonyl (C=O) groups excluding carboxylic acids is 1. The van der Waals surface area contributed by atoms with Gasteiger partial charge in [0.2, 0.25) is 0 Å². The molecule has 1 aromatic rings. The monoisotopic (exact) mass is 525 g/mol. The van der Waals surface area contributed by atoms with Gasteiger partial charge in [0, 0.05) is 18.4 Å². The van der Waals surface area contributed by atoms with Gasteiger partial charge in [-0.3, -0.25) is 4.79 Å². The molecule has 1 heterocycles. The number of fused-ring (bicyclic) bond motifs is 6. The van der Waals surface area contributed by atoms with Gasteiger partial charge in [0.15, 0.2) is 5.79 Å². The molecular weight excluding hydrogens is 478 g/mol. The van der Waals surface area contributed by atoms with Crippen molar-refractivity contribution in [2.75, 3.05) is 26.9 Å². The van der Waals surface area contributed by atoms with Gasteiger partial charge in [0.1, 0.15) is 6.04 Å². The van der Waals surface area contributed by atoms with Crippen molar-refractivity contribution in [3.05, 3.63) is 35.9 Å². The molecule has 6 heteroatoms. The summed E-state index contributed by atoms with van der Waals surface area (Å²) < 4.78 is 17.7. The number of nitrogens with one attached hydrogen (secondary N) is 1. The maximum absolute atomic E-state index is 12.6. The standard InChI is InChI=1S/C32H47NO5/c1-29-15-16-31(35,21-33-27(28(34)36-3)19-22-7-5-4-6-8-22)20-23(29)9-10-24-25(29)11-13-30(2)26(24)12-14-32(30)37-17-18-38-32/h4-8,23-27,33,35H,9-21H2,1-3H3/t23-,24+,25-,26-,27+,29-,30-,31+/m0/s1. The maximum Gasteiger partial charge on any atom is 0.323 e. The molecule has 4 saturated carbocycles. The van der Waals surface area contributed by atoms with E-state index in [9.17, 15) is 9.90 Å². The van der Waals surface area contributed by atoms with Crippen LogP contribution in [0.15, 0.2) is 30.3 Å². The molecule has 38 heavy (non-hydrogen) atoms. The van der Waals surface area contributed by atoms with Crippen LogP contribution in [0, 0.1) is 34.5 Å². The predicted molar refractivity (Wildman–Crippen MR) is 145 cm³/mol. The molecule has 5 fully saturated rings. The average molecular weight is 526 g/mol. The molecule has 2 N–H and O–H groups in total. The number of aliphatic hydroxyl groups is 1. The minimum atomic E-state index is -0.786. The van der Waals surface area contributed by atoms with Gasteiger partial charge in [0.25, 0.3) is 0 Å². The first-order valence-corrected chi connectivity index (χ1v) is 15.1. The van der Waals surface area contributed by atoms with Crippen LogP contribution in [0.3, 0.4) is 0 Å². The lowest BCUT2D eigenvalue weighted by Crippen LogP contribution is -2.59. The molecule has 0 unspecified atom stereocenters. The number of ether oxygens (including phenoxy) is 3. The van der Waals surface area contributed by atoms with Crippen LogP contribution in [0.4, 0.5) is 0 Å². The summed E-state index contributed by atoms with van der Waals surface area (Å²) in [6.07, 6.45) is 10.4. The second-order valence-electron chi connectivity index (χ2n) is 13.7. The first-order chi connectivity index (χ1) is 18.2. The van der Waals surface area contributed by atoms with Crippen LogP contribution in [0.2, 0.25) is 0 Å². The van der Waals surface area contributed by atoms with E-state index in [1.165, 1.54) is 39.2 Å². The SMILES string of the molecule is COC(=O)[C@@H](Cc1ccccc1)NC[C@@]1(O)CC[C@@]2(C)[C@@H](CC[C@@H]3[C@@H]2CC[C@@]2(C)[C@H]3CCC23OCCO3)C1. The zero-order valence-electron chi connectivity index (χ0n) is 23.5. The summed E-state index contributed by atoms with van der Waals surface area (Å²) in [6, 6.07) is 9.56. The zero-order valence-corrected chi connectivity index (χ0v) is 23.5. The summed E-state index contributed by atoms with van der Waals surface area (Å²) in [4.78, 5) is 12.6. The number of rotatable bonds is 6. The number of carbonyl (C=O) groups is 1. The fourth-order valence-corrected chi connectivity index (χ4v) is 9.91. The Hall–Kier alpha value is -1.47. The van der Waals surface area contributed by atoms with Crippen LogP contribution in [0.1, 0.15) is 77.2 Å². The Balaban J connectivity index is 1.12. The second kappa shape index (κ2) is 9.87. The van der Waals surface area contributed by atoms with Gasteiger partial charge in [-0.15, -0.1) is 0 Å². The first kappa shape index (κ1) is 26.7. The Kier molecular flexibility index (Phi) is 6.94. The lowest BCUT2D eigenvalue weighted by Gasteiger charge is -2.62. The summed E-state index contributed by atoms with van der Waals surface area (Å²) in [5.41, 5.74) is 0.708.